The van der Waals surface area contributed by atoms with Gasteiger partial charge in [-0.2, -0.15) is 0 Å². The van der Waals surface area contributed by atoms with Crippen molar-refractivity contribution in [2.75, 3.05) is 6.61 Å². The van der Waals surface area contributed by atoms with E-state index in [9.17, 15) is 4.79 Å². The highest BCUT2D eigenvalue weighted by atomic mass is 16.6. The number of carbonyl (C=O) groups excluding carboxylic acids is 1. The lowest BCUT2D eigenvalue weighted by molar-refractivity contribution is 0.0496. The fourth-order valence-corrected chi connectivity index (χ4v) is 2.75. The molecule has 2 N–H and O–H groups in total. The highest BCUT2D eigenvalue weighted by Gasteiger charge is 2.54. The van der Waals surface area contributed by atoms with Crippen molar-refractivity contribution in [3.05, 3.63) is 0 Å². The molecule has 4 nitrogen and oxygen atoms in total. The van der Waals surface area contributed by atoms with Crippen LogP contribution in [-0.4, -0.2) is 29.4 Å². The van der Waals surface area contributed by atoms with E-state index in [1.165, 1.54) is 0 Å². The van der Waals surface area contributed by atoms with Crippen LogP contribution in [0.1, 0.15) is 33.6 Å². The Morgan fingerprint density at radius 3 is 2.56 bits per heavy atom. The molecule has 16 heavy (non-hydrogen) atoms. The zero-order valence-corrected chi connectivity index (χ0v) is 10.2. The Kier molecular flexibility index (Phi) is 2.86. The average molecular weight is 227 g/mol. The van der Waals surface area contributed by atoms with Crippen LogP contribution in [0.2, 0.25) is 0 Å². The standard InChI is InChI=1S/C12H21NO3/c1-12(2,3)16-11(15)13-10-4-7(6-14)8-5-9(8)10/h7-10,14H,4-6H2,1-3H3,(H,13,15)/t7-,8-,9-,10-/m1/s1. The fraction of sp³-hybridized carbons (Fsp3) is 0.917. The van der Waals surface area contributed by atoms with Gasteiger partial charge in [0.15, 0.2) is 0 Å². The minimum Gasteiger partial charge on any atom is -0.444 e. The minimum absolute atomic E-state index is 0.206. The molecule has 2 aliphatic carbocycles. The Bertz CT molecular complexity index is 284. The molecular weight excluding hydrogens is 206 g/mol. The lowest BCUT2D eigenvalue weighted by Crippen LogP contribution is -2.39. The third-order valence-electron chi connectivity index (χ3n) is 3.51. The molecule has 0 aromatic rings. The van der Waals surface area contributed by atoms with Crippen LogP contribution in [0.25, 0.3) is 0 Å². The summed E-state index contributed by atoms with van der Waals surface area (Å²) in [6, 6.07) is 0.206. The van der Waals surface area contributed by atoms with E-state index in [0.29, 0.717) is 17.8 Å². The number of hydrogen-bond donors (Lipinski definition) is 2. The van der Waals surface area contributed by atoms with Gasteiger partial charge in [-0.15, -0.1) is 0 Å². The number of aliphatic hydroxyl groups is 1. The molecule has 0 aromatic carbocycles. The first kappa shape index (κ1) is 11.7. The average Bonchev–Trinajstić information content (AvgIpc) is 2.83. The molecule has 0 aromatic heterocycles. The van der Waals surface area contributed by atoms with Gasteiger partial charge in [0.25, 0.3) is 0 Å². The lowest BCUT2D eigenvalue weighted by atomic mass is 10.0. The van der Waals surface area contributed by atoms with E-state index >= 15 is 0 Å². The molecule has 0 unspecified atom stereocenters. The first-order valence-corrected chi connectivity index (χ1v) is 6.01. The van der Waals surface area contributed by atoms with E-state index < -0.39 is 5.60 Å². The van der Waals surface area contributed by atoms with E-state index in [4.69, 9.17) is 9.84 Å². The number of nitrogens with one attached hydrogen (secondary N) is 1. The molecule has 2 saturated carbocycles. The molecular formula is C12H21NO3. The van der Waals surface area contributed by atoms with E-state index in [0.717, 1.165) is 12.8 Å². The van der Waals surface area contributed by atoms with E-state index in [1.54, 1.807) is 0 Å². The van der Waals surface area contributed by atoms with Crippen LogP contribution in [0.5, 0.6) is 0 Å². The largest absolute Gasteiger partial charge is 0.444 e. The maximum atomic E-state index is 11.6. The molecule has 0 aliphatic heterocycles. The Labute approximate surface area is 96.4 Å². The van der Waals surface area contributed by atoms with E-state index in [2.05, 4.69) is 5.32 Å². The zero-order valence-electron chi connectivity index (χ0n) is 10.2. The van der Waals surface area contributed by atoms with Crippen molar-refractivity contribution in [3.63, 3.8) is 0 Å². The SMILES string of the molecule is CC(C)(C)OC(=O)N[C@@H]1C[C@H](CO)[C@H]2C[C@H]21. The molecule has 4 atom stereocenters. The van der Waals surface area contributed by atoms with Gasteiger partial charge in [-0.25, -0.2) is 4.79 Å². The minimum atomic E-state index is -0.442. The highest BCUT2D eigenvalue weighted by molar-refractivity contribution is 5.68. The summed E-state index contributed by atoms with van der Waals surface area (Å²) >= 11 is 0. The molecule has 0 saturated heterocycles. The third kappa shape index (κ3) is 2.48. The van der Waals surface area contributed by atoms with Gasteiger partial charge in [-0.1, -0.05) is 0 Å². The Morgan fingerprint density at radius 1 is 1.38 bits per heavy atom. The Morgan fingerprint density at radius 2 is 2.06 bits per heavy atom. The van der Waals surface area contributed by atoms with Crippen molar-refractivity contribution < 1.29 is 14.6 Å². The maximum Gasteiger partial charge on any atom is 0.407 e. The van der Waals surface area contributed by atoms with Crippen molar-refractivity contribution in [3.8, 4) is 0 Å². The van der Waals surface area contributed by atoms with Crippen molar-refractivity contribution in [2.24, 2.45) is 17.8 Å². The van der Waals surface area contributed by atoms with Gasteiger partial charge in [0, 0.05) is 12.6 Å². The molecule has 4 heteroatoms. The molecule has 92 valence electrons. The molecule has 2 fully saturated rings. The molecule has 0 heterocycles. The second-order valence-corrected chi connectivity index (χ2v) is 5.99. The van der Waals surface area contributed by atoms with Crippen molar-refractivity contribution in [1.29, 1.82) is 0 Å². The van der Waals surface area contributed by atoms with Crippen LogP contribution < -0.4 is 5.32 Å². The van der Waals surface area contributed by atoms with Crippen LogP contribution >= 0.6 is 0 Å². The van der Waals surface area contributed by atoms with E-state index in [-0.39, 0.29) is 18.7 Å². The fourth-order valence-electron chi connectivity index (χ4n) is 2.75. The molecule has 2 rings (SSSR count). The molecule has 2 aliphatic rings. The Balaban J connectivity index is 1.81. The summed E-state index contributed by atoms with van der Waals surface area (Å²) in [5, 5.41) is 12.1. The number of carbonyl (C=O) groups is 1. The molecule has 1 amide bonds. The summed E-state index contributed by atoms with van der Waals surface area (Å²) in [4.78, 5) is 11.6. The monoisotopic (exact) mass is 227 g/mol. The highest BCUT2D eigenvalue weighted by Crippen LogP contribution is 2.55. The summed E-state index contributed by atoms with van der Waals surface area (Å²) < 4.78 is 5.22. The second-order valence-electron chi connectivity index (χ2n) is 5.99. The van der Waals surface area contributed by atoms with Crippen molar-refractivity contribution in [2.45, 2.75) is 45.3 Å². The number of alkyl carbamates (subject to hydrolysis) is 1. The number of fused-ring (bicyclic) bond motifs is 1. The quantitative estimate of drug-likeness (QED) is 0.752. The number of amides is 1. The zero-order chi connectivity index (χ0) is 11.9. The predicted molar refractivity (Wildman–Crippen MR) is 59.9 cm³/mol. The summed E-state index contributed by atoms with van der Waals surface area (Å²) in [6.07, 6.45) is 1.71. The van der Waals surface area contributed by atoms with Crippen LogP contribution in [0, 0.1) is 17.8 Å². The lowest BCUT2D eigenvalue weighted by Gasteiger charge is -2.22. The normalized spacial score (nSPS) is 36.8. The van der Waals surface area contributed by atoms with Crippen LogP contribution in [-0.2, 0) is 4.74 Å². The van der Waals surface area contributed by atoms with Gasteiger partial charge >= 0.3 is 6.09 Å². The van der Waals surface area contributed by atoms with Gasteiger partial charge in [-0.3, -0.25) is 0 Å². The maximum absolute atomic E-state index is 11.6. The molecule has 0 spiro atoms. The number of hydrogen-bond acceptors (Lipinski definition) is 3. The molecule has 0 bridgehead atoms. The number of ether oxygens (including phenoxy) is 1. The predicted octanol–water partition coefficient (Wildman–Crippen LogP) is 1.53. The summed E-state index contributed by atoms with van der Waals surface area (Å²) in [6.45, 7) is 5.82. The van der Waals surface area contributed by atoms with Crippen LogP contribution in [0.3, 0.4) is 0 Å². The van der Waals surface area contributed by atoms with E-state index in [1.807, 2.05) is 20.8 Å². The van der Waals surface area contributed by atoms with Gasteiger partial charge in [0.2, 0.25) is 0 Å². The van der Waals surface area contributed by atoms with Crippen LogP contribution in [0.4, 0.5) is 4.79 Å². The number of rotatable bonds is 2. The topological polar surface area (TPSA) is 58.6 Å². The second kappa shape index (κ2) is 3.91. The van der Waals surface area contributed by atoms with Gasteiger partial charge in [-0.05, 0) is 51.4 Å². The van der Waals surface area contributed by atoms with Gasteiger partial charge in [0.1, 0.15) is 5.60 Å². The van der Waals surface area contributed by atoms with Gasteiger partial charge in [0.05, 0.1) is 0 Å². The van der Waals surface area contributed by atoms with Crippen LogP contribution in [0.15, 0.2) is 0 Å². The third-order valence-corrected chi connectivity index (χ3v) is 3.51. The summed E-state index contributed by atoms with van der Waals surface area (Å²) in [5.74, 6) is 1.58. The van der Waals surface area contributed by atoms with Gasteiger partial charge < -0.3 is 15.2 Å². The first-order valence-electron chi connectivity index (χ1n) is 6.01. The first-order chi connectivity index (χ1) is 7.40. The Hall–Kier alpha value is -0.770. The summed E-state index contributed by atoms with van der Waals surface area (Å²) in [5.41, 5.74) is -0.442. The number of aliphatic hydroxyl groups excluding tert-OH is 1. The summed E-state index contributed by atoms with van der Waals surface area (Å²) in [7, 11) is 0. The molecule has 0 radical (unpaired) electrons. The van der Waals surface area contributed by atoms with Crippen molar-refractivity contribution >= 4 is 6.09 Å². The van der Waals surface area contributed by atoms with Crippen molar-refractivity contribution in [1.82, 2.24) is 5.32 Å². The smallest absolute Gasteiger partial charge is 0.407 e.